The lowest BCUT2D eigenvalue weighted by Crippen LogP contribution is -2.24. The van der Waals surface area contributed by atoms with Crippen LogP contribution in [0.25, 0.3) is 6.08 Å². The van der Waals surface area contributed by atoms with Crippen molar-refractivity contribution in [1.29, 1.82) is 0 Å². The highest BCUT2D eigenvalue weighted by molar-refractivity contribution is 6.01. The number of amides is 1. The fraction of sp³-hybridized carbons (Fsp3) is 0.118. The number of benzene rings is 2. The molecular weight excluding hydrogens is 262 g/mol. The SMILES string of the molecule is NNCCc1ccc(NC(=O)/C=C/c2ccccc2)cc1. The molecule has 0 spiro atoms. The number of anilines is 1. The Bertz CT molecular complexity index is 591. The summed E-state index contributed by atoms with van der Waals surface area (Å²) < 4.78 is 0. The third-order valence-electron chi connectivity index (χ3n) is 3.01. The first kappa shape index (κ1) is 15.0. The van der Waals surface area contributed by atoms with Crippen LogP contribution >= 0.6 is 0 Å². The number of hydrogen-bond donors (Lipinski definition) is 3. The molecule has 2 aromatic rings. The molecule has 4 N–H and O–H groups in total. The van der Waals surface area contributed by atoms with Crippen LogP contribution in [-0.4, -0.2) is 12.5 Å². The Balaban J connectivity index is 1.89. The third-order valence-corrected chi connectivity index (χ3v) is 3.01. The Kier molecular flexibility index (Phi) is 5.70. The molecule has 0 aliphatic heterocycles. The van der Waals surface area contributed by atoms with E-state index in [-0.39, 0.29) is 5.91 Å². The second-order valence-electron chi connectivity index (χ2n) is 4.63. The summed E-state index contributed by atoms with van der Waals surface area (Å²) >= 11 is 0. The van der Waals surface area contributed by atoms with Crippen molar-refractivity contribution in [3.8, 4) is 0 Å². The highest BCUT2D eigenvalue weighted by atomic mass is 16.1. The molecule has 0 aliphatic carbocycles. The first-order chi connectivity index (χ1) is 10.3. The van der Waals surface area contributed by atoms with Gasteiger partial charge in [-0.05, 0) is 35.8 Å². The quantitative estimate of drug-likeness (QED) is 0.432. The molecule has 0 atom stereocenters. The average molecular weight is 281 g/mol. The van der Waals surface area contributed by atoms with E-state index >= 15 is 0 Å². The van der Waals surface area contributed by atoms with Crippen molar-refractivity contribution >= 4 is 17.7 Å². The Hall–Kier alpha value is -2.43. The van der Waals surface area contributed by atoms with Crippen LogP contribution in [0.1, 0.15) is 11.1 Å². The number of hydrogen-bond acceptors (Lipinski definition) is 3. The van der Waals surface area contributed by atoms with Crippen LogP contribution in [-0.2, 0) is 11.2 Å². The maximum absolute atomic E-state index is 11.8. The summed E-state index contributed by atoms with van der Waals surface area (Å²) in [5.74, 6) is 5.10. The van der Waals surface area contributed by atoms with Crippen molar-refractivity contribution in [1.82, 2.24) is 5.43 Å². The molecule has 108 valence electrons. The van der Waals surface area contributed by atoms with Gasteiger partial charge in [0.2, 0.25) is 5.91 Å². The topological polar surface area (TPSA) is 67.2 Å². The molecule has 1 amide bonds. The van der Waals surface area contributed by atoms with Crippen LogP contribution in [0.15, 0.2) is 60.7 Å². The van der Waals surface area contributed by atoms with E-state index in [4.69, 9.17) is 5.84 Å². The van der Waals surface area contributed by atoms with Gasteiger partial charge >= 0.3 is 0 Å². The number of hydrazine groups is 1. The molecule has 4 nitrogen and oxygen atoms in total. The number of nitrogens with two attached hydrogens (primary N) is 1. The van der Waals surface area contributed by atoms with Crippen LogP contribution in [0.5, 0.6) is 0 Å². The van der Waals surface area contributed by atoms with Crippen molar-refractivity contribution in [2.24, 2.45) is 5.84 Å². The van der Waals surface area contributed by atoms with Gasteiger partial charge in [-0.3, -0.25) is 16.1 Å². The molecule has 0 saturated carbocycles. The van der Waals surface area contributed by atoms with Crippen molar-refractivity contribution in [3.63, 3.8) is 0 Å². The summed E-state index contributed by atoms with van der Waals surface area (Å²) in [6.07, 6.45) is 4.18. The normalized spacial score (nSPS) is 10.7. The van der Waals surface area contributed by atoms with Crippen molar-refractivity contribution in [2.45, 2.75) is 6.42 Å². The Morgan fingerprint density at radius 1 is 1.05 bits per heavy atom. The maximum atomic E-state index is 11.8. The maximum Gasteiger partial charge on any atom is 0.248 e. The van der Waals surface area contributed by atoms with Gasteiger partial charge in [0.1, 0.15) is 0 Å². The van der Waals surface area contributed by atoms with Gasteiger partial charge in [-0.2, -0.15) is 0 Å². The summed E-state index contributed by atoms with van der Waals surface area (Å²) in [4.78, 5) is 11.8. The first-order valence-corrected chi connectivity index (χ1v) is 6.84. The Morgan fingerprint density at radius 2 is 1.76 bits per heavy atom. The Morgan fingerprint density at radius 3 is 2.43 bits per heavy atom. The van der Waals surface area contributed by atoms with E-state index in [2.05, 4.69) is 10.7 Å². The minimum absolute atomic E-state index is 0.143. The second-order valence-corrected chi connectivity index (χ2v) is 4.63. The number of nitrogens with one attached hydrogen (secondary N) is 2. The molecule has 0 fully saturated rings. The molecule has 0 aliphatic rings. The van der Waals surface area contributed by atoms with Crippen molar-refractivity contribution in [2.75, 3.05) is 11.9 Å². The van der Waals surface area contributed by atoms with Gasteiger partial charge in [0, 0.05) is 18.3 Å². The van der Waals surface area contributed by atoms with Crippen molar-refractivity contribution in [3.05, 3.63) is 71.8 Å². The molecular formula is C17H19N3O. The van der Waals surface area contributed by atoms with E-state index in [1.165, 1.54) is 11.6 Å². The first-order valence-electron chi connectivity index (χ1n) is 6.84. The van der Waals surface area contributed by atoms with Gasteiger partial charge in [0.25, 0.3) is 0 Å². The van der Waals surface area contributed by atoms with E-state index in [9.17, 15) is 4.79 Å². The lowest BCUT2D eigenvalue weighted by atomic mass is 10.1. The highest BCUT2D eigenvalue weighted by Gasteiger charge is 1.98. The van der Waals surface area contributed by atoms with Crippen molar-refractivity contribution < 1.29 is 4.79 Å². The molecule has 4 heteroatoms. The molecule has 0 bridgehead atoms. The highest BCUT2D eigenvalue weighted by Crippen LogP contribution is 2.10. The van der Waals surface area contributed by atoms with Gasteiger partial charge < -0.3 is 5.32 Å². The van der Waals surface area contributed by atoms with Crippen LogP contribution in [0, 0.1) is 0 Å². The minimum atomic E-state index is -0.143. The van der Waals surface area contributed by atoms with Crippen LogP contribution in [0.2, 0.25) is 0 Å². The smallest absolute Gasteiger partial charge is 0.248 e. The zero-order valence-electron chi connectivity index (χ0n) is 11.8. The lowest BCUT2D eigenvalue weighted by molar-refractivity contribution is -0.111. The van der Waals surface area contributed by atoms with Gasteiger partial charge in [-0.1, -0.05) is 42.5 Å². The summed E-state index contributed by atoms with van der Waals surface area (Å²) in [5, 5.41) is 2.83. The summed E-state index contributed by atoms with van der Waals surface area (Å²) in [6, 6.07) is 17.5. The van der Waals surface area contributed by atoms with Gasteiger partial charge in [0.15, 0.2) is 0 Å². The summed E-state index contributed by atoms with van der Waals surface area (Å²) in [7, 11) is 0. The van der Waals surface area contributed by atoms with E-state index in [1.807, 2.05) is 54.6 Å². The molecule has 2 rings (SSSR count). The zero-order chi connectivity index (χ0) is 14.9. The van der Waals surface area contributed by atoms with E-state index < -0.39 is 0 Å². The fourth-order valence-electron chi connectivity index (χ4n) is 1.89. The monoisotopic (exact) mass is 281 g/mol. The summed E-state index contributed by atoms with van der Waals surface area (Å²) in [5.41, 5.74) is 5.57. The average Bonchev–Trinajstić information content (AvgIpc) is 2.53. The molecule has 0 saturated heterocycles. The standard InChI is InChI=1S/C17H19N3O/c18-19-13-12-15-6-9-16(10-7-15)20-17(21)11-8-14-4-2-1-3-5-14/h1-11,19H,12-13,18H2,(H,20,21)/b11-8+. The van der Waals surface area contributed by atoms with Gasteiger partial charge in [-0.15, -0.1) is 0 Å². The van der Waals surface area contributed by atoms with Crippen LogP contribution in [0.3, 0.4) is 0 Å². The minimum Gasteiger partial charge on any atom is -0.323 e. The summed E-state index contributed by atoms with van der Waals surface area (Å²) in [6.45, 7) is 0.728. The predicted molar refractivity (Wildman–Crippen MR) is 86.4 cm³/mol. The Labute approximate surface area is 124 Å². The van der Waals surface area contributed by atoms with E-state index in [1.54, 1.807) is 6.08 Å². The van der Waals surface area contributed by atoms with Crippen LogP contribution < -0.4 is 16.6 Å². The third kappa shape index (κ3) is 5.22. The number of carbonyl (C=O) groups excluding carboxylic acids is 1. The number of carbonyl (C=O) groups is 1. The second kappa shape index (κ2) is 7.99. The zero-order valence-corrected chi connectivity index (χ0v) is 11.8. The lowest BCUT2D eigenvalue weighted by Gasteiger charge is -2.04. The fourth-order valence-corrected chi connectivity index (χ4v) is 1.89. The predicted octanol–water partition coefficient (Wildman–Crippen LogP) is 2.34. The molecule has 0 aromatic heterocycles. The van der Waals surface area contributed by atoms with E-state index in [0.29, 0.717) is 0 Å². The molecule has 0 radical (unpaired) electrons. The molecule has 2 aromatic carbocycles. The van der Waals surface area contributed by atoms with E-state index in [0.717, 1.165) is 24.2 Å². The van der Waals surface area contributed by atoms with Crippen LogP contribution in [0.4, 0.5) is 5.69 Å². The number of rotatable bonds is 6. The molecule has 0 unspecified atom stereocenters. The molecule has 0 heterocycles. The molecule has 21 heavy (non-hydrogen) atoms. The van der Waals surface area contributed by atoms with Gasteiger partial charge in [0.05, 0.1) is 0 Å². The van der Waals surface area contributed by atoms with Gasteiger partial charge in [-0.25, -0.2) is 0 Å². The largest absolute Gasteiger partial charge is 0.323 e.